The normalized spacial score (nSPS) is 20.4. The minimum Gasteiger partial charge on any atom is -0.493 e. The van der Waals surface area contributed by atoms with Crippen LogP contribution in [0.3, 0.4) is 0 Å². The number of ether oxygens (including phenoxy) is 2. The molecule has 1 aliphatic heterocycles. The number of rotatable bonds is 4. The Morgan fingerprint density at radius 2 is 1.95 bits per heavy atom. The lowest BCUT2D eigenvalue weighted by Gasteiger charge is -2.36. The number of para-hydroxylation sites is 1. The maximum Gasteiger partial charge on any atom is 0.167 e. The summed E-state index contributed by atoms with van der Waals surface area (Å²) < 4.78 is 11.2. The smallest absolute Gasteiger partial charge is 0.167 e. The van der Waals surface area contributed by atoms with E-state index in [0.29, 0.717) is 18.1 Å². The second-order valence-corrected chi connectivity index (χ2v) is 5.60. The molecule has 0 aromatic heterocycles. The number of aliphatic hydroxyl groups is 1. The largest absolute Gasteiger partial charge is 0.493 e. The maximum atomic E-state index is 10.7. The van der Waals surface area contributed by atoms with Crippen LogP contribution in [0.2, 0.25) is 0 Å². The van der Waals surface area contributed by atoms with Crippen molar-refractivity contribution in [2.24, 2.45) is 0 Å². The van der Waals surface area contributed by atoms with Crippen LogP contribution in [-0.4, -0.2) is 36.8 Å². The molecule has 0 aliphatic carbocycles. The van der Waals surface area contributed by atoms with Crippen molar-refractivity contribution < 1.29 is 14.6 Å². The number of nitrogens with zero attached hydrogens (tertiary/aromatic N) is 1. The molecule has 2 aromatic carbocycles. The molecule has 2 atom stereocenters. The van der Waals surface area contributed by atoms with Crippen LogP contribution < -0.4 is 9.47 Å². The van der Waals surface area contributed by atoms with E-state index in [-0.39, 0.29) is 6.04 Å². The summed E-state index contributed by atoms with van der Waals surface area (Å²) in [5.74, 6) is 1.32. The number of benzene rings is 2. The van der Waals surface area contributed by atoms with E-state index in [1.165, 1.54) is 5.56 Å². The van der Waals surface area contributed by atoms with Crippen LogP contribution in [-0.2, 0) is 6.54 Å². The van der Waals surface area contributed by atoms with Crippen LogP contribution in [0.4, 0.5) is 0 Å². The number of fused-ring (bicyclic) bond motifs is 1. The van der Waals surface area contributed by atoms with Gasteiger partial charge in [-0.3, -0.25) is 4.90 Å². The van der Waals surface area contributed by atoms with Crippen LogP contribution >= 0.6 is 0 Å². The van der Waals surface area contributed by atoms with Crippen molar-refractivity contribution in [2.45, 2.75) is 18.7 Å². The van der Waals surface area contributed by atoms with Crippen molar-refractivity contribution >= 4 is 0 Å². The van der Waals surface area contributed by atoms with Crippen LogP contribution in [0.1, 0.15) is 17.2 Å². The van der Waals surface area contributed by atoms with Crippen molar-refractivity contribution in [3.8, 4) is 11.5 Å². The van der Waals surface area contributed by atoms with E-state index < -0.39 is 6.10 Å². The summed E-state index contributed by atoms with van der Waals surface area (Å²) in [6.07, 6.45) is -0.590. The van der Waals surface area contributed by atoms with Crippen LogP contribution in [0, 0.1) is 0 Å². The van der Waals surface area contributed by atoms with E-state index in [0.717, 1.165) is 12.1 Å². The van der Waals surface area contributed by atoms with Crippen molar-refractivity contribution in [3.63, 3.8) is 0 Å². The van der Waals surface area contributed by atoms with Gasteiger partial charge in [0.2, 0.25) is 0 Å². The van der Waals surface area contributed by atoms with Crippen molar-refractivity contribution in [2.75, 3.05) is 20.8 Å². The highest BCUT2D eigenvalue weighted by Crippen LogP contribution is 2.40. The highest BCUT2D eigenvalue weighted by atomic mass is 16.5. The first-order chi connectivity index (χ1) is 10.7. The highest BCUT2D eigenvalue weighted by Gasteiger charge is 2.33. The van der Waals surface area contributed by atoms with Gasteiger partial charge in [-0.2, -0.15) is 0 Å². The van der Waals surface area contributed by atoms with Gasteiger partial charge < -0.3 is 14.6 Å². The SMILES string of the molecule is COc1cccc2c1OCC(N(C)Cc1ccccc1)C2O. The number of hydrogen-bond donors (Lipinski definition) is 1. The van der Waals surface area contributed by atoms with E-state index >= 15 is 0 Å². The Morgan fingerprint density at radius 1 is 1.18 bits per heavy atom. The van der Waals surface area contributed by atoms with Crippen LogP contribution in [0.5, 0.6) is 11.5 Å². The summed E-state index contributed by atoms with van der Waals surface area (Å²) in [6, 6.07) is 15.8. The standard InChI is InChI=1S/C18H21NO3/c1-19(11-13-7-4-3-5-8-13)15-12-22-18-14(17(15)20)9-6-10-16(18)21-2/h3-10,15,17,20H,11-12H2,1-2H3. The molecular weight excluding hydrogens is 278 g/mol. The van der Waals surface area contributed by atoms with Gasteiger partial charge in [0.25, 0.3) is 0 Å². The zero-order valence-electron chi connectivity index (χ0n) is 12.9. The number of likely N-dealkylation sites (N-methyl/N-ethyl adjacent to an activating group) is 1. The minimum atomic E-state index is -0.590. The molecule has 0 fully saturated rings. The number of methoxy groups -OCH3 is 1. The molecule has 4 heteroatoms. The van der Waals surface area contributed by atoms with Gasteiger partial charge in [0.15, 0.2) is 11.5 Å². The molecule has 3 rings (SSSR count). The van der Waals surface area contributed by atoms with Gasteiger partial charge in [0.1, 0.15) is 12.7 Å². The fraction of sp³-hybridized carbons (Fsp3) is 0.333. The Bertz CT molecular complexity index is 629. The first-order valence-electron chi connectivity index (χ1n) is 7.42. The molecule has 0 saturated heterocycles. The Morgan fingerprint density at radius 3 is 2.68 bits per heavy atom. The molecule has 0 amide bonds. The monoisotopic (exact) mass is 299 g/mol. The zero-order valence-corrected chi connectivity index (χ0v) is 12.9. The summed E-state index contributed by atoms with van der Waals surface area (Å²) in [4.78, 5) is 2.13. The number of aliphatic hydroxyl groups excluding tert-OH is 1. The second kappa shape index (κ2) is 6.38. The third-order valence-corrected chi connectivity index (χ3v) is 4.15. The van der Waals surface area contributed by atoms with E-state index in [9.17, 15) is 5.11 Å². The quantitative estimate of drug-likeness (QED) is 0.942. The molecule has 0 spiro atoms. The first-order valence-corrected chi connectivity index (χ1v) is 7.42. The zero-order chi connectivity index (χ0) is 15.5. The van der Waals surface area contributed by atoms with Crippen molar-refractivity contribution in [1.29, 1.82) is 0 Å². The predicted octanol–water partition coefficient (Wildman–Crippen LogP) is 2.62. The Hall–Kier alpha value is -2.04. The predicted molar refractivity (Wildman–Crippen MR) is 85.1 cm³/mol. The van der Waals surface area contributed by atoms with Gasteiger partial charge in [-0.15, -0.1) is 0 Å². The lowest BCUT2D eigenvalue weighted by Crippen LogP contribution is -2.43. The molecule has 1 N–H and O–H groups in total. The Balaban J connectivity index is 1.79. The van der Waals surface area contributed by atoms with Crippen molar-refractivity contribution in [3.05, 3.63) is 59.7 Å². The molecule has 116 valence electrons. The third-order valence-electron chi connectivity index (χ3n) is 4.15. The third kappa shape index (κ3) is 2.80. The van der Waals surface area contributed by atoms with Gasteiger partial charge in [0.05, 0.1) is 13.2 Å². The van der Waals surface area contributed by atoms with Crippen molar-refractivity contribution in [1.82, 2.24) is 4.90 Å². The maximum absolute atomic E-state index is 10.7. The first kappa shape index (κ1) is 14.9. The number of hydrogen-bond acceptors (Lipinski definition) is 4. The average Bonchev–Trinajstić information content (AvgIpc) is 2.55. The van der Waals surface area contributed by atoms with Crippen LogP contribution in [0.25, 0.3) is 0 Å². The summed E-state index contributed by atoms with van der Waals surface area (Å²) in [5.41, 5.74) is 2.00. The Labute approximate surface area is 130 Å². The summed E-state index contributed by atoms with van der Waals surface area (Å²) in [7, 11) is 3.62. The molecule has 2 unspecified atom stereocenters. The Kier molecular flexibility index (Phi) is 4.32. The molecule has 1 heterocycles. The van der Waals surface area contributed by atoms with E-state index in [1.807, 2.05) is 43.4 Å². The van der Waals surface area contributed by atoms with Crippen LogP contribution in [0.15, 0.2) is 48.5 Å². The van der Waals surface area contributed by atoms with E-state index in [1.54, 1.807) is 7.11 Å². The summed E-state index contributed by atoms with van der Waals surface area (Å²) in [6.45, 7) is 1.21. The summed E-state index contributed by atoms with van der Waals surface area (Å²) in [5, 5.41) is 10.7. The molecule has 0 saturated carbocycles. The fourth-order valence-electron chi connectivity index (χ4n) is 2.90. The van der Waals surface area contributed by atoms with Gasteiger partial charge in [-0.25, -0.2) is 0 Å². The molecular formula is C18H21NO3. The van der Waals surface area contributed by atoms with Gasteiger partial charge in [0, 0.05) is 12.1 Å². The molecule has 1 aliphatic rings. The highest BCUT2D eigenvalue weighted by molar-refractivity contribution is 5.49. The molecule has 0 radical (unpaired) electrons. The summed E-state index contributed by atoms with van der Waals surface area (Å²) >= 11 is 0. The average molecular weight is 299 g/mol. The van der Waals surface area contributed by atoms with Gasteiger partial charge in [-0.05, 0) is 18.7 Å². The topological polar surface area (TPSA) is 41.9 Å². The lowest BCUT2D eigenvalue weighted by atomic mass is 9.97. The van der Waals surface area contributed by atoms with E-state index in [2.05, 4.69) is 17.0 Å². The molecule has 0 bridgehead atoms. The lowest BCUT2D eigenvalue weighted by molar-refractivity contribution is 0.0106. The van der Waals surface area contributed by atoms with E-state index in [4.69, 9.17) is 9.47 Å². The fourth-order valence-corrected chi connectivity index (χ4v) is 2.90. The minimum absolute atomic E-state index is 0.0835. The van der Waals surface area contributed by atoms with Gasteiger partial charge in [-0.1, -0.05) is 42.5 Å². The molecule has 22 heavy (non-hydrogen) atoms. The van der Waals surface area contributed by atoms with Gasteiger partial charge >= 0.3 is 0 Å². The molecule has 2 aromatic rings. The second-order valence-electron chi connectivity index (χ2n) is 5.60. The molecule has 4 nitrogen and oxygen atoms in total.